The van der Waals surface area contributed by atoms with Gasteiger partial charge in [-0.25, -0.2) is 0 Å². The summed E-state index contributed by atoms with van der Waals surface area (Å²) in [5.41, 5.74) is 4.10. The third kappa shape index (κ3) is 5.84. The van der Waals surface area contributed by atoms with Crippen molar-refractivity contribution in [3.05, 3.63) is 52.0 Å². The fourth-order valence-corrected chi connectivity index (χ4v) is 3.65. The number of benzene rings is 2. The van der Waals surface area contributed by atoms with Crippen LogP contribution in [0.3, 0.4) is 0 Å². The molecule has 0 aromatic heterocycles. The lowest BCUT2D eigenvalue weighted by molar-refractivity contribution is -0.151. The van der Waals surface area contributed by atoms with E-state index in [1.807, 2.05) is 6.92 Å². The number of esters is 1. The molecule has 1 fully saturated rings. The van der Waals surface area contributed by atoms with Gasteiger partial charge in [-0.1, -0.05) is 22.0 Å². The van der Waals surface area contributed by atoms with E-state index < -0.39 is 36.2 Å². The Morgan fingerprint density at radius 1 is 1.12 bits per heavy atom. The van der Waals surface area contributed by atoms with E-state index in [1.54, 1.807) is 36.4 Å². The summed E-state index contributed by atoms with van der Waals surface area (Å²) in [6.45, 7) is 1.29. The molecule has 1 aliphatic rings. The lowest BCUT2D eigenvalue weighted by Gasteiger charge is -2.19. The van der Waals surface area contributed by atoms with Gasteiger partial charge in [0.05, 0.1) is 26.7 Å². The third-order valence-corrected chi connectivity index (χ3v) is 6.03. The molecular weight excluding hydrogens is 510 g/mol. The van der Waals surface area contributed by atoms with Gasteiger partial charge in [0.25, 0.3) is 11.8 Å². The van der Waals surface area contributed by atoms with Gasteiger partial charge >= 0.3 is 5.97 Å². The fraction of sp³-hybridized carbons (Fsp3) is 0.304. The number of hydrazine groups is 1. The Hall–Kier alpha value is -3.60. The summed E-state index contributed by atoms with van der Waals surface area (Å²) in [6, 6.07) is 10.1. The highest BCUT2D eigenvalue weighted by Gasteiger charge is 2.37. The van der Waals surface area contributed by atoms with Crippen LogP contribution in [-0.4, -0.2) is 56.1 Å². The summed E-state index contributed by atoms with van der Waals surface area (Å²) >= 11 is 3.38. The molecule has 1 heterocycles. The number of nitrogens with one attached hydrogen (secondary N) is 2. The van der Waals surface area contributed by atoms with Crippen molar-refractivity contribution in [1.82, 2.24) is 10.4 Å². The summed E-state index contributed by atoms with van der Waals surface area (Å²) in [4.78, 5) is 49.7. The Balaban J connectivity index is 1.55. The summed E-state index contributed by atoms with van der Waals surface area (Å²) in [5.74, 6) is -2.58. The summed E-state index contributed by atoms with van der Waals surface area (Å²) in [7, 11) is 2.82. The van der Waals surface area contributed by atoms with E-state index in [0.29, 0.717) is 5.69 Å². The van der Waals surface area contributed by atoms with Crippen LogP contribution in [0.5, 0.6) is 11.5 Å². The van der Waals surface area contributed by atoms with Crippen LogP contribution in [0.25, 0.3) is 0 Å². The number of carbonyl (C=O) groups excluding carboxylic acids is 4. The topological polar surface area (TPSA) is 123 Å². The minimum atomic E-state index is -0.824. The zero-order valence-electron chi connectivity index (χ0n) is 18.8. The molecule has 0 radical (unpaired) electrons. The van der Waals surface area contributed by atoms with E-state index in [4.69, 9.17) is 14.2 Å². The van der Waals surface area contributed by atoms with Crippen molar-refractivity contribution in [2.45, 2.75) is 13.3 Å². The van der Waals surface area contributed by atoms with Gasteiger partial charge < -0.3 is 19.5 Å². The summed E-state index contributed by atoms with van der Waals surface area (Å²) in [5, 5.41) is 3.69. The van der Waals surface area contributed by atoms with Crippen LogP contribution in [-0.2, 0) is 19.1 Å². The maximum Gasteiger partial charge on any atom is 0.311 e. The number of halogens is 1. The molecule has 1 aliphatic heterocycles. The first kappa shape index (κ1) is 25.0. The predicted molar refractivity (Wildman–Crippen MR) is 125 cm³/mol. The van der Waals surface area contributed by atoms with Crippen molar-refractivity contribution < 1.29 is 33.4 Å². The Bertz CT molecular complexity index is 1100. The van der Waals surface area contributed by atoms with Crippen LogP contribution in [0.4, 0.5) is 5.69 Å². The van der Waals surface area contributed by atoms with Crippen molar-refractivity contribution in [3.63, 3.8) is 0 Å². The van der Waals surface area contributed by atoms with Crippen LogP contribution in [0.15, 0.2) is 40.9 Å². The van der Waals surface area contributed by atoms with E-state index in [-0.39, 0.29) is 30.0 Å². The smallest absolute Gasteiger partial charge is 0.311 e. The Labute approximate surface area is 204 Å². The molecule has 10 nitrogen and oxygen atoms in total. The van der Waals surface area contributed by atoms with Crippen LogP contribution in [0.1, 0.15) is 22.3 Å². The molecular formula is C23H24BrN3O7. The molecule has 34 heavy (non-hydrogen) atoms. The molecule has 1 saturated heterocycles. The van der Waals surface area contributed by atoms with E-state index >= 15 is 0 Å². The van der Waals surface area contributed by atoms with Crippen molar-refractivity contribution >= 4 is 45.3 Å². The second-order valence-electron chi connectivity index (χ2n) is 7.50. The quantitative estimate of drug-likeness (QED) is 0.499. The van der Waals surface area contributed by atoms with Gasteiger partial charge in [0.2, 0.25) is 5.91 Å². The van der Waals surface area contributed by atoms with E-state index in [9.17, 15) is 19.2 Å². The molecule has 0 unspecified atom stereocenters. The Morgan fingerprint density at radius 2 is 1.79 bits per heavy atom. The van der Waals surface area contributed by atoms with Crippen molar-refractivity contribution in [3.8, 4) is 11.5 Å². The first-order valence-electron chi connectivity index (χ1n) is 10.3. The highest BCUT2D eigenvalue weighted by Crippen LogP contribution is 2.28. The number of hydrogen-bond donors (Lipinski definition) is 2. The third-order valence-electron chi connectivity index (χ3n) is 5.14. The zero-order chi connectivity index (χ0) is 24.8. The number of ether oxygens (including phenoxy) is 3. The van der Waals surface area contributed by atoms with E-state index in [1.165, 1.54) is 14.2 Å². The fourth-order valence-electron chi connectivity index (χ4n) is 3.40. The van der Waals surface area contributed by atoms with Crippen molar-refractivity contribution in [2.75, 3.05) is 32.7 Å². The molecule has 3 rings (SSSR count). The lowest BCUT2D eigenvalue weighted by Crippen LogP contribution is -2.43. The number of methoxy groups -OCH3 is 2. The van der Waals surface area contributed by atoms with Gasteiger partial charge in [-0.15, -0.1) is 0 Å². The molecule has 0 spiro atoms. The maximum absolute atomic E-state index is 12.8. The number of hydrogen-bond acceptors (Lipinski definition) is 7. The van der Waals surface area contributed by atoms with Gasteiger partial charge in [-0.3, -0.25) is 29.6 Å². The number of rotatable bonds is 8. The van der Waals surface area contributed by atoms with Gasteiger partial charge in [-0.2, -0.15) is 0 Å². The Kier molecular flexibility index (Phi) is 8.11. The first-order valence-corrected chi connectivity index (χ1v) is 11.1. The predicted octanol–water partition coefficient (Wildman–Crippen LogP) is 2.45. The molecule has 11 heteroatoms. The molecule has 0 bridgehead atoms. The second kappa shape index (κ2) is 11.0. The van der Waals surface area contributed by atoms with Gasteiger partial charge in [0.15, 0.2) is 6.61 Å². The van der Waals surface area contributed by atoms with Gasteiger partial charge in [0.1, 0.15) is 17.1 Å². The number of nitrogens with zero attached hydrogens (tertiary/aromatic N) is 1. The van der Waals surface area contributed by atoms with Crippen molar-refractivity contribution in [2.24, 2.45) is 5.92 Å². The zero-order valence-corrected chi connectivity index (χ0v) is 20.4. The molecule has 2 aromatic rings. The SMILES string of the molecule is COc1cccc(OC)c1C(=O)NN1C[C@H](C(=O)OCC(=O)Nc2ccc(Br)c(C)c2)CC1=O. The van der Waals surface area contributed by atoms with Crippen LogP contribution >= 0.6 is 15.9 Å². The van der Waals surface area contributed by atoms with Crippen molar-refractivity contribution in [1.29, 1.82) is 0 Å². The molecule has 1 atom stereocenters. The Morgan fingerprint density at radius 3 is 2.41 bits per heavy atom. The summed E-state index contributed by atoms with van der Waals surface area (Å²) in [6.07, 6.45) is -0.157. The van der Waals surface area contributed by atoms with E-state index in [0.717, 1.165) is 15.0 Å². The normalized spacial score (nSPS) is 15.0. The standard InChI is InChI=1S/C23H24BrN3O7/c1-13-9-15(7-8-16(13)24)25-19(28)12-34-23(31)14-10-20(29)27(11-14)26-22(30)21-17(32-2)5-4-6-18(21)33-3/h4-9,14H,10-12H2,1-3H3,(H,25,28)(H,26,30)/t14-/m1/s1. The van der Waals surface area contributed by atoms with Crippen LogP contribution in [0.2, 0.25) is 0 Å². The lowest BCUT2D eigenvalue weighted by atomic mass is 10.1. The van der Waals surface area contributed by atoms with Crippen LogP contribution in [0, 0.1) is 12.8 Å². The van der Waals surface area contributed by atoms with Gasteiger partial charge in [0, 0.05) is 16.6 Å². The largest absolute Gasteiger partial charge is 0.496 e. The highest BCUT2D eigenvalue weighted by atomic mass is 79.9. The highest BCUT2D eigenvalue weighted by molar-refractivity contribution is 9.10. The minimum absolute atomic E-state index is 0.0889. The maximum atomic E-state index is 12.8. The number of anilines is 1. The molecule has 2 N–H and O–H groups in total. The average molecular weight is 534 g/mol. The molecule has 0 saturated carbocycles. The average Bonchev–Trinajstić information content (AvgIpc) is 3.19. The van der Waals surface area contributed by atoms with Gasteiger partial charge in [-0.05, 0) is 42.8 Å². The monoisotopic (exact) mass is 533 g/mol. The minimum Gasteiger partial charge on any atom is -0.496 e. The number of aryl methyl sites for hydroxylation is 1. The van der Waals surface area contributed by atoms with Crippen LogP contribution < -0.4 is 20.2 Å². The first-order chi connectivity index (χ1) is 16.2. The number of carbonyl (C=O) groups is 4. The molecule has 180 valence electrons. The molecule has 0 aliphatic carbocycles. The summed E-state index contributed by atoms with van der Waals surface area (Å²) < 4.78 is 16.4. The second-order valence-corrected chi connectivity index (χ2v) is 8.36. The molecule has 2 aromatic carbocycles. The molecule has 3 amide bonds. The number of amides is 3. The van der Waals surface area contributed by atoms with E-state index in [2.05, 4.69) is 26.7 Å².